The molecule has 0 spiro atoms. The van der Waals surface area contributed by atoms with Crippen molar-refractivity contribution in [1.82, 2.24) is 5.32 Å². The molecule has 0 fully saturated rings. The first-order valence-corrected chi connectivity index (χ1v) is 4.43. The van der Waals surface area contributed by atoms with Crippen LogP contribution in [0.3, 0.4) is 0 Å². The number of ketones is 1. The van der Waals surface area contributed by atoms with Gasteiger partial charge in [0.25, 0.3) is 0 Å². The highest BCUT2D eigenvalue weighted by atomic mass is 35.5. The van der Waals surface area contributed by atoms with Crippen LogP contribution in [-0.2, 0) is 0 Å². The molecule has 3 heteroatoms. The maximum Gasteiger partial charge on any atom is 0.179 e. The minimum atomic E-state index is -2.82. The van der Waals surface area contributed by atoms with Crippen LogP contribution in [0.1, 0.15) is 36.6 Å². The van der Waals surface area contributed by atoms with Crippen molar-refractivity contribution in [3.05, 3.63) is 35.4 Å². The largest absolute Gasteiger partial charge is 0.308 e. The van der Waals surface area contributed by atoms with Crippen molar-refractivity contribution < 1.29 is 11.6 Å². The number of carbonyl (C=O) groups is 1. The fourth-order valence-electron chi connectivity index (χ4n) is 1.14. The summed E-state index contributed by atoms with van der Waals surface area (Å²) >= 11 is 0. The summed E-state index contributed by atoms with van der Waals surface area (Å²) in [4.78, 5) is 12.0. The van der Waals surface area contributed by atoms with E-state index in [2.05, 4.69) is 5.32 Å². The molecule has 0 saturated carbocycles. The molecule has 84 valence electrons. The molecule has 0 aromatic heterocycles. The normalized spacial score (nSPS) is 18.4. The zero-order valence-corrected chi connectivity index (χ0v) is 9.52. The third kappa shape index (κ3) is 4.02. The predicted octanol–water partition coefficient (Wildman–Crippen LogP) is 2.60. The van der Waals surface area contributed by atoms with Gasteiger partial charge in [-0.05, 0) is 20.3 Å². The first-order chi connectivity index (χ1) is 8.54. The molecule has 0 aliphatic rings. The molecule has 0 aliphatic heterocycles. The molecule has 1 N–H and O–H groups in total. The Kier molecular flexibility index (Phi) is 3.26. The van der Waals surface area contributed by atoms with Gasteiger partial charge < -0.3 is 5.32 Å². The van der Waals surface area contributed by atoms with Gasteiger partial charge in [0.05, 0.1) is 6.04 Å². The molecule has 1 unspecified atom stereocenters. The van der Waals surface area contributed by atoms with Gasteiger partial charge in [-0.2, -0.15) is 0 Å². The second-order valence-electron chi connectivity index (χ2n) is 3.22. The molecule has 0 amide bonds. The Bertz CT molecular complexity index is 458. The summed E-state index contributed by atoms with van der Waals surface area (Å²) in [5.74, 6) is -0.340. The number of carbonyl (C=O) groups excluding carboxylic acids is 1. The average Bonchev–Trinajstić information content (AvgIpc) is 2.27. The molecule has 2 nitrogen and oxygen atoms in total. The topological polar surface area (TPSA) is 29.1 Å². The van der Waals surface area contributed by atoms with Crippen molar-refractivity contribution in [2.24, 2.45) is 0 Å². The van der Waals surface area contributed by atoms with Crippen molar-refractivity contribution in [2.45, 2.75) is 26.7 Å². The lowest BCUT2D eigenvalue weighted by molar-refractivity contribution is 0.0952. The minimum Gasteiger partial charge on any atom is -0.308 e. The molecule has 15 heavy (non-hydrogen) atoms. The van der Waals surface area contributed by atoms with Crippen molar-refractivity contribution in [1.29, 1.82) is 0 Å². The molecule has 1 aromatic rings. The Hall–Kier alpha value is -0.860. The number of likely N-dealkylation sites (N-methyl/N-ethyl adjacent to an activating group) is 1. The third-order valence-electron chi connectivity index (χ3n) is 2.02. The molecule has 1 rings (SSSR count). The van der Waals surface area contributed by atoms with E-state index in [0.29, 0.717) is 5.56 Å². The highest BCUT2D eigenvalue weighted by Crippen LogP contribution is 2.06. The highest BCUT2D eigenvalue weighted by molar-refractivity contribution is 5.99. The number of aryl methyl sites for hydroxylation is 1. The van der Waals surface area contributed by atoms with Crippen molar-refractivity contribution in [2.75, 3.05) is 6.50 Å². The first-order valence-electron chi connectivity index (χ1n) is 6.93. The lowest BCUT2D eigenvalue weighted by Gasteiger charge is -2.10. The number of benzene rings is 1. The number of rotatable bonds is 4. The van der Waals surface area contributed by atoms with Gasteiger partial charge in [0.1, 0.15) is 0 Å². The van der Waals surface area contributed by atoms with Crippen LogP contribution in [0.15, 0.2) is 24.3 Å². The van der Waals surface area contributed by atoms with E-state index in [-0.39, 0.29) is 18.2 Å². The van der Waals surface area contributed by atoms with Gasteiger partial charge >= 0.3 is 0 Å². The van der Waals surface area contributed by atoms with Crippen LogP contribution < -0.4 is 5.32 Å². The molecule has 0 bridgehead atoms. The van der Waals surface area contributed by atoms with Gasteiger partial charge in [-0.25, -0.2) is 0 Å². The number of hydrogen-bond acceptors (Lipinski definition) is 2. The van der Waals surface area contributed by atoms with Gasteiger partial charge in [-0.3, -0.25) is 4.79 Å². The Morgan fingerprint density at radius 1 is 1.53 bits per heavy atom. The molecular formula is C12H18ClNO. The fourth-order valence-corrected chi connectivity index (χ4v) is 1.14. The molecular weight excluding hydrogens is 210 g/mol. The summed E-state index contributed by atoms with van der Waals surface area (Å²) in [7, 11) is 0. The molecule has 0 saturated heterocycles. The Balaban J connectivity index is 0.00000361. The SMILES string of the molecule is Cl.[2H]C([2H])([2H])C([2H])([2H])NC(C)C(=O)c1ccc(C)cc1. The molecule has 1 atom stereocenters. The van der Waals surface area contributed by atoms with Gasteiger partial charge in [-0.1, -0.05) is 36.7 Å². The Labute approximate surface area is 105 Å². The molecule has 0 aliphatic carbocycles. The first kappa shape index (κ1) is 7.42. The molecule has 1 aromatic carbocycles. The van der Waals surface area contributed by atoms with E-state index in [4.69, 9.17) is 6.85 Å². The molecule has 0 heterocycles. The second kappa shape index (κ2) is 6.59. The quantitative estimate of drug-likeness (QED) is 0.809. The standard InChI is InChI=1S/C12H17NO.ClH/c1-4-13-10(3)12(14)11-7-5-9(2)6-8-11;/h5-8,10,13H,4H2,1-3H3;1H/i1D3,4D2;. The number of Topliss-reactive ketones (excluding diaryl/α,β-unsaturated/α-hetero) is 1. The van der Waals surface area contributed by atoms with Crippen molar-refractivity contribution in [3.8, 4) is 0 Å². The van der Waals surface area contributed by atoms with Crippen LogP contribution in [0.4, 0.5) is 0 Å². The second-order valence-corrected chi connectivity index (χ2v) is 3.22. The smallest absolute Gasteiger partial charge is 0.179 e. The van der Waals surface area contributed by atoms with Crippen molar-refractivity contribution >= 4 is 18.2 Å². The van der Waals surface area contributed by atoms with E-state index in [1.165, 1.54) is 6.92 Å². The van der Waals surface area contributed by atoms with Gasteiger partial charge in [0, 0.05) is 12.4 Å². The van der Waals surface area contributed by atoms with E-state index in [0.717, 1.165) is 5.56 Å². The zero-order valence-electron chi connectivity index (χ0n) is 13.7. The fraction of sp³-hybridized carbons (Fsp3) is 0.417. The lowest BCUT2D eigenvalue weighted by Crippen LogP contribution is -2.33. The monoisotopic (exact) mass is 232 g/mol. The summed E-state index contributed by atoms with van der Waals surface area (Å²) in [5.41, 5.74) is 1.43. The van der Waals surface area contributed by atoms with Crippen molar-refractivity contribution in [3.63, 3.8) is 0 Å². The van der Waals surface area contributed by atoms with Crippen LogP contribution >= 0.6 is 12.4 Å². The highest BCUT2D eigenvalue weighted by Gasteiger charge is 2.12. The Morgan fingerprint density at radius 3 is 2.67 bits per heavy atom. The summed E-state index contributed by atoms with van der Waals surface area (Å²) in [6.45, 7) is -2.09. The lowest BCUT2D eigenvalue weighted by atomic mass is 10.0. The summed E-state index contributed by atoms with van der Waals surface area (Å²) in [6.07, 6.45) is 0. The van der Waals surface area contributed by atoms with E-state index in [1.54, 1.807) is 24.3 Å². The summed E-state index contributed by atoms with van der Waals surface area (Å²) in [5, 5.41) is 2.23. The number of hydrogen-bond donors (Lipinski definition) is 1. The summed E-state index contributed by atoms with van der Waals surface area (Å²) in [6, 6.07) is 5.91. The third-order valence-corrected chi connectivity index (χ3v) is 2.02. The van der Waals surface area contributed by atoms with Crippen LogP contribution in [0.25, 0.3) is 0 Å². The summed E-state index contributed by atoms with van der Waals surface area (Å²) < 4.78 is 36.1. The van der Waals surface area contributed by atoms with Gasteiger partial charge in [0.2, 0.25) is 0 Å². The maximum atomic E-state index is 12.0. The van der Waals surface area contributed by atoms with Gasteiger partial charge in [-0.15, -0.1) is 12.4 Å². The molecule has 0 radical (unpaired) electrons. The minimum absolute atomic E-state index is 0. The number of nitrogens with one attached hydrogen (secondary N) is 1. The van der Waals surface area contributed by atoms with Crippen LogP contribution in [0, 0.1) is 6.92 Å². The van der Waals surface area contributed by atoms with Crippen LogP contribution in [0.2, 0.25) is 0 Å². The average molecular weight is 233 g/mol. The number of halogens is 1. The maximum absolute atomic E-state index is 12.0. The van der Waals surface area contributed by atoms with Crippen LogP contribution in [0.5, 0.6) is 0 Å². The van der Waals surface area contributed by atoms with Crippen LogP contribution in [-0.4, -0.2) is 18.3 Å². The Morgan fingerprint density at radius 2 is 2.13 bits per heavy atom. The van der Waals surface area contributed by atoms with E-state index in [1.807, 2.05) is 6.92 Å². The predicted molar refractivity (Wildman–Crippen MR) is 65.9 cm³/mol. The van der Waals surface area contributed by atoms with E-state index < -0.39 is 19.4 Å². The zero-order chi connectivity index (χ0) is 14.8. The van der Waals surface area contributed by atoms with E-state index >= 15 is 0 Å². The van der Waals surface area contributed by atoms with E-state index in [9.17, 15) is 4.79 Å². The van der Waals surface area contributed by atoms with Gasteiger partial charge in [0.15, 0.2) is 5.78 Å².